The minimum Gasteiger partial charge on any atom is -0.492 e. The average molecular weight is 504 g/mol. The molecule has 0 saturated carbocycles. The van der Waals surface area contributed by atoms with Gasteiger partial charge in [0.05, 0.1) is 18.0 Å². The molecule has 0 atom stereocenters. The number of para-hydroxylation sites is 2. The molecule has 0 radical (unpaired) electrons. The molecule has 0 saturated heterocycles. The van der Waals surface area contributed by atoms with E-state index in [0.29, 0.717) is 40.9 Å². The van der Waals surface area contributed by atoms with Gasteiger partial charge in [0.15, 0.2) is 0 Å². The number of carbonyl (C=O) groups excluding carboxylic acids is 3. The van der Waals surface area contributed by atoms with E-state index in [1.165, 1.54) is 0 Å². The Kier molecular flexibility index (Phi) is 7.41. The first-order valence-corrected chi connectivity index (χ1v) is 12.0. The highest BCUT2D eigenvalue weighted by atomic mass is 35.5. The van der Waals surface area contributed by atoms with Gasteiger partial charge in [0.1, 0.15) is 16.5 Å². The fourth-order valence-corrected chi connectivity index (χ4v) is 3.96. The first-order valence-electron chi connectivity index (χ1n) is 11.6. The van der Waals surface area contributed by atoms with Gasteiger partial charge >= 0.3 is 0 Å². The average Bonchev–Trinajstić information content (AvgIpc) is 3.08. The second-order valence-corrected chi connectivity index (χ2v) is 8.84. The van der Waals surface area contributed by atoms with Crippen molar-refractivity contribution >= 4 is 46.4 Å². The zero-order valence-electron chi connectivity index (χ0n) is 20.2. The lowest BCUT2D eigenvalue weighted by Gasteiger charge is -2.16. The van der Waals surface area contributed by atoms with Crippen molar-refractivity contribution in [1.82, 2.24) is 0 Å². The Bertz CT molecular complexity index is 1330. The SMILES string of the molecule is CCOc1ccccc1NC(=O)c1ccc(NC2=C(Cl)C(=O)N(c3ccc(C(C)C)cc3)C2=O)cc1. The monoisotopic (exact) mass is 503 g/mol. The molecular formula is C28H26ClN3O4. The summed E-state index contributed by atoms with van der Waals surface area (Å²) in [6, 6.07) is 20.9. The van der Waals surface area contributed by atoms with Crippen LogP contribution in [0.1, 0.15) is 42.6 Å². The number of anilines is 3. The summed E-state index contributed by atoms with van der Waals surface area (Å²) in [5.41, 5.74) is 3.02. The first kappa shape index (κ1) is 25.0. The molecule has 0 spiro atoms. The fraction of sp³-hybridized carbons (Fsp3) is 0.179. The van der Waals surface area contributed by atoms with E-state index in [9.17, 15) is 14.4 Å². The van der Waals surface area contributed by atoms with Gasteiger partial charge in [-0.25, -0.2) is 4.90 Å². The van der Waals surface area contributed by atoms with E-state index in [-0.39, 0.29) is 16.6 Å². The molecule has 8 heteroatoms. The number of ether oxygens (including phenoxy) is 1. The number of nitrogens with zero attached hydrogens (tertiary/aromatic N) is 1. The smallest absolute Gasteiger partial charge is 0.283 e. The molecular weight excluding hydrogens is 478 g/mol. The summed E-state index contributed by atoms with van der Waals surface area (Å²) in [6.07, 6.45) is 0. The maximum absolute atomic E-state index is 13.0. The number of carbonyl (C=O) groups is 3. The van der Waals surface area contributed by atoms with Crippen LogP contribution in [-0.2, 0) is 9.59 Å². The highest BCUT2D eigenvalue weighted by Gasteiger charge is 2.39. The zero-order chi connectivity index (χ0) is 25.8. The maximum Gasteiger partial charge on any atom is 0.283 e. The van der Waals surface area contributed by atoms with Crippen molar-refractivity contribution in [2.24, 2.45) is 0 Å². The lowest BCUT2D eigenvalue weighted by atomic mass is 10.0. The zero-order valence-corrected chi connectivity index (χ0v) is 20.9. The van der Waals surface area contributed by atoms with E-state index >= 15 is 0 Å². The minimum atomic E-state index is -0.592. The second kappa shape index (κ2) is 10.7. The molecule has 1 heterocycles. The Morgan fingerprint density at radius 2 is 1.61 bits per heavy atom. The number of hydrogen-bond donors (Lipinski definition) is 2. The molecule has 0 aromatic heterocycles. The number of benzene rings is 3. The highest BCUT2D eigenvalue weighted by molar-refractivity contribution is 6.53. The van der Waals surface area contributed by atoms with Crippen LogP contribution in [-0.4, -0.2) is 24.3 Å². The third-order valence-electron chi connectivity index (χ3n) is 5.70. The molecule has 0 unspecified atom stereocenters. The Morgan fingerprint density at radius 3 is 2.25 bits per heavy atom. The number of halogens is 1. The van der Waals surface area contributed by atoms with Crippen molar-refractivity contribution < 1.29 is 19.1 Å². The van der Waals surface area contributed by atoms with Crippen molar-refractivity contribution in [3.63, 3.8) is 0 Å². The van der Waals surface area contributed by atoms with Crippen molar-refractivity contribution in [1.29, 1.82) is 0 Å². The van der Waals surface area contributed by atoms with Crippen LogP contribution >= 0.6 is 11.6 Å². The largest absolute Gasteiger partial charge is 0.492 e. The molecule has 1 aliphatic rings. The van der Waals surface area contributed by atoms with E-state index < -0.39 is 11.8 Å². The standard InChI is InChI=1S/C28H26ClN3O4/c1-4-36-23-8-6-5-7-22(23)31-26(33)19-9-13-20(14-10-19)30-25-24(29)27(34)32(28(25)35)21-15-11-18(12-16-21)17(2)3/h5-17,30H,4H2,1-3H3,(H,31,33). The normalized spacial score (nSPS) is 13.4. The Labute approximate surface area is 214 Å². The van der Waals surface area contributed by atoms with Gasteiger partial charge in [-0.05, 0) is 66.9 Å². The van der Waals surface area contributed by atoms with Gasteiger partial charge in [-0.1, -0.05) is 49.7 Å². The molecule has 2 N–H and O–H groups in total. The van der Waals surface area contributed by atoms with Gasteiger partial charge in [0.25, 0.3) is 17.7 Å². The van der Waals surface area contributed by atoms with Crippen LogP contribution in [0, 0.1) is 0 Å². The van der Waals surface area contributed by atoms with Crippen LogP contribution in [0.3, 0.4) is 0 Å². The lowest BCUT2D eigenvalue weighted by Crippen LogP contribution is -2.32. The summed E-state index contributed by atoms with van der Waals surface area (Å²) >= 11 is 6.24. The summed E-state index contributed by atoms with van der Waals surface area (Å²) < 4.78 is 5.55. The summed E-state index contributed by atoms with van der Waals surface area (Å²) in [5.74, 6) is -0.537. The molecule has 184 valence electrons. The van der Waals surface area contributed by atoms with Gasteiger partial charge < -0.3 is 15.4 Å². The molecule has 0 bridgehead atoms. The third-order valence-corrected chi connectivity index (χ3v) is 6.05. The molecule has 3 aromatic rings. The summed E-state index contributed by atoms with van der Waals surface area (Å²) in [5, 5.41) is 5.57. The van der Waals surface area contributed by atoms with E-state index in [2.05, 4.69) is 24.5 Å². The van der Waals surface area contributed by atoms with Gasteiger partial charge in [-0.3, -0.25) is 14.4 Å². The number of nitrogens with one attached hydrogen (secondary N) is 2. The van der Waals surface area contributed by atoms with E-state index in [0.717, 1.165) is 10.5 Å². The van der Waals surface area contributed by atoms with Crippen LogP contribution in [0.4, 0.5) is 17.1 Å². The number of amides is 3. The van der Waals surface area contributed by atoms with Crippen LogP contribution < -0.4 is 20.3 Å². The highest BCUT2D eigenvalue weighted by Crippen LogP contribution is 2.31. The molecule has 0 aliphatic carbocycles. The van der Waals surface area contributed by atoms with E-state index in [1.807, 2.05) is 31.2 Å². The van der Waals surface area contributed by atoms with Crippen LogP contribution in [0.15, 0.2) is 83.5 Å². The molecule has 36 heavy (non-hydrogen) atoms. The molecule has 4 rings (SSSR count). The Hall–Kier alpha value is -4.10. The van der Waals surface area contributed by atoms with E-state index in [1.54, 1.807) is 48.5 Å². The lowest BCUT2D eigenvalue weighted by molar-refractivity contribution is -0.120. The van der Waals surface area contributed by atoms with Gasteiger partial charge in [0, 0.05) is 11.3 Å². The quantitative estimate of drug-likeness (QED) is 0.374. The number of rotatable bonds is 8. The first-order chi connectivity index (χ1) is 17.3. The van der Waals surface area contributed by atoms with Gasteiger partial charge in [0.2, 0.25) is 0 Å². The Balaban J connectivity index is 1.46. The van der Waals surface area contributed by atoms with Crippen molar-refractivity contribution in [3.05, 3.63) is 94.7 Å². The van der Waals surface area contributed by atoms with Gasteiger partial charge in [-0.2, -0.15) is 0 Å². The summed E-state index contributed by atoms with van der Waals surface area (Å²) in [7, 11) is 0. The molecule has 0 fully saturated rings. The molecule has 3 amide bonds. The summed E-state index contributed by atoms with van der Waals surface area (Å²) in [6.45, 7) is 6.48. The Morgan fingerprint density at radius 1 is 0.944 bits per heavy atom. The predicted octanol–water partition coefficient (Wildman–Crippen LogP) is 5.90. The molecule has 7 nitrogen and oxygen atoms in total. The topological polar surface area (TPSA) is 87.7 Å². The second-order valence-electron chi connectivity index (χ2n) is 8.47. The van der Waals surface area contributed by atoms with Crippen LogP contribution in [0.2, 0.25) is 0 Å². The number of hydrogen-bond acceptors (Lipinski definition) is 5. The van der Waals surface area contributed by atoms with Crippen LogP contribution in [0.5, 0.6) is 5.75 Å². The molecule has 1 aliphatic heterocycles. The minimum absolute atomic E-state index is 0.0163. The third kappa shape index (κ3) is 5.11. The van der Waals surface area contributed by atoms with Crippen molar-refractivity contribution in [2.75, 3.05) is 22.1 Å². The predicted molar refractivity (Wildman–Crippen MR) is 142 cm³/mol. The fourth-order valence-electron chi connectivity index (χ4n) is 3.75. The van der Waals surface area contributed by atoms with Crippen molar-refractivity contribution in [2.45, 2.75) is 26.7 Å². The van der Waals surface area contributed by atoms with Gasteiger partial charge in [-0.15, -0.1) is 0 Å². The molecule has 3 aromatic carbocycles. The van der Waals surface area contributed by atoms with Crippen molar-refractivity contribution in [3.8, 4) is 5.75 Å². The van der Waals surface area contributed by atoms with E-state index in [4.69, 9.17) is 16.3 Å². The summed E-state index contributed by atoms with van der Waals surface area (Å²) in [4.78, 5) is 39.5. The maximum atomic E-state index is 13.0. The van der Waals surface area contributed by atoms with Crippen LogP contribution in [0.25, 0.3) is 0 Å². The number of imide groups is 1.